The fraction of sp³-hybridized carbons (Fsp3) is 0.462. The van der Waals surface area contributed by atoms with Crippen LogP contribution in [0.15, 0.2) is 18.2 Å². The average molecular weight is 256 g/mol. The summed E-state index contributed by atoms with van der Waals surface area (Å²) in [6.07, 6.45) is 1.38. The number of nitrogens with two attached hydrogens (primary N) is 1. The van der Waals surface area contributed by atoms with E-state index in [9.17, 15) is 4.79 Å². The van der Waals surface area contributed by atoms with Crippen LogP contribution in [0.2, 0.25) is 5.02 Å². The highest BCUT2D eigenvalue weighted by atomic mass is 35.5. The van der Waals surface area contributed by atoms with Gasteiger partial charge in [0.1, 0.15) is 5.75 Å². The first kappa shape index (κ1) is 14.0. The second-order valence-electron chi connectivity index (χ2n) is 3.99. The third kappa shape index (κ3) is 3.72. The molecule has 0 bridgehead atoms. The summed E-state index contributed by atoms with van der Waals surface area (Å²) >= 11 is 5.91. The third-order valence-corrected chi connectivity index (χ3v) is 3.17. The molecule has 3 nitrogen and oxygen atoms in total. The van der Waals surface area contributed by atoms with E-state index in [0.717, 1.165) is 6.42 Å². The Balaban J connectivity index is 2.82. The van der Waals surface area contributed by atoms with Gasteiger partial charge in [-0.1, -0.05) is 24.9 Å². The number of ketones is 1. The van der Waals surface area contributed by atoms with Crippen LogP contribution in [0.5, 0.6) is 5.75 Å². The van der Waals surface area contributed by atoms with Crippen LogP contribution in [0.4, 0.5) is 0 Å². The molecule has 94 valence electrons. The zero-order valence-electron chi connectivity index (χ0n) is 10.2. The lowest BCUT2D eigenvalue weighted by Gasteiger charge is -2.11. The van der Waals surface area contributed by atoms with Gasteiger partial charge < -0.3 is 10.5 Å². The van der Waals surface area contributed by atoms with E-state index in [1.165, 1.54) is 7.11 Å². The van der Waals surface area contributed by atoms with Crippen LogP contribution >= 0.6 is 11.6 Å². The van der Waals surface area contributed by atoms with Crippen molar-refractivity contribution in [3.05, 3.63) is 28.8 Å². The van der Waals surface area contributed by atoms with Gasteiger partial charge in [-0.2, -0.15) is 0 Å². The van der Waals surface area contributed by atoms with Crippen LogP contribution in [-0.4, -0.2) is 19.4 Å². The Kier molecular flexibility index (Phi) is 5.45. The molecule has 1 aromatic carbocycles. The SMILES string of the molecule is CCC(CN)CC(=O)c1ccc(Cl)c(OC)c1. The van der Waals surface area contributed by atoms with Crippen molar-refractivity contribution >= 4 is 17.4 Å². The maximum atomic E-state index is 12.0. The molecule has 0 aliphatic carbocycles. The molecule has 0 saturated carbocycles. The van der Waals surface area contributed by atoms with E-state index < -0.39 is 0 Å². The second-order valence-corrected chi connectivity index (χ2v) is 4.39. The summed E-state index contributed by atoms with van der Waals surface area (Å²) in [6, 6.07) is 5.07. The molecule has 0 aromatic heterocycles. The van der Waals surface area contributed by atoms with Gasteiger partial charge >= 0.3 is 0 Å². The Bertz CT molecular complexity index is 389. The first-order valence-corrected chi connectivity index (χ1v) is 6.07. The van der Waals surface area contributed by atoms with Gasteiger partial charge in [0, 0.05) is 12.0 Å². The van der Waals surface area contributed by atoms with Crippen LogP contribution in [0.1, 0.15) is 30.1 Å². The normalized spacial score (nSPS) is 12.2. The van der Waals surface area contributed by atoms with Crippen LogP contribution < -0.4 is 10.5 Å². The minimum Gasteiger partial charge on any atom is -0.495 e. The molecule has 0 fully saturated rings. The molecule has 1 unspecified atom stereocenters. The lowest BCUT2D eigenvalue weighted by Crippen LogP contribution is -2.17. The summed E-state index contributed by atoms with van der Waals surface area (Å²) in [5.74, 6) is 0.847. The van der Waals surface area contributed by atoms with Crippen molar-refractivity contribution in [1.82, 2.24) is 0 Å². The molecule has 1 rings (SSSR count). The van der Waals surface area contributed by atoms with Crippen LogP contribution in [-0.2, 0) is 0 Å². The number of Topliss-reactive ketones (excluding diaryl/α,β-unsaturated/α-hetero) is 1. The highest BCUT2D eigenvalue weighted by molar-refractivity contribution is 6.32. The molecule has 1 atom stereocenters. The number of halogens is 1. The Morgan fingerprint density at radius 2 is 2.24 bits per heavy atom. The molecular formula is C13H18ClNO2. The van der Waals surface area contributed by atoms with E-state index in [-0.39, 0.29) is 11.7 Å². The second kappa shape index (κ2) is 6.62. The lowest BCUT2D eigenvalue weighted by molar-refractivity contribution is 0.0961. The number of carbonyl (C=O) groups excluding carboxylic acids is 1. The van der Waals surface area contributed by atoms with Crippen molar-refractivity contribution in [2.45, 2.75) is 19.8 Å². The first-order chi connectivity index (χ1) is 8.12. The Morgan fingerprint density at radius 3 is 2.76 bits per heavy atom. The molecule has 0 saturated heterocycles. The largest absolute Gasteiger partial charge is 0.495 e. The number of benzene rings is 1. The van der Waals surface area contributed by atoms with Crippen LogP contribution in [0.25, 0.3) is 0 Å². The predicted molar refractivity (Wildman–Crippen MR) is 69.8 cm³/mol. The fourth-order valence-electron chi connectivity index (χ4n) is 1.61. The summed E-state index contributed by atoms with van der Waals surface area (Å²) in [6.45, 7) is 2.57. The lowest BCUT2D eigenvalue weighted by atomic mass is 9.96. The van der Waals surface area contributed by atoms with Gasteiger partial charge in [0.05, 0.1) is 12.1 Å². The van der Waals surface area contributed by atoms with Crippen molar-refractivity contribution in [3.63, 3.8) is 0 Å². The predicted octanol–water partition coefficient (Wildman–Crippen LogP) is 2.91. The van der Waals surface area contributed by atoms with Gasteiger partial charge in [0.2, 0.25) is 0 Å². The highest BCUT2D eigenvalue weighted by Gasteiger charge is 2.14. The molecule has 0 radical (unpaired) electrons. The van der Waals surface area contributed by atoms with Gasteiger partial charge in [0.25, 0.3) is 0 Å². The molecule has 0 heterocycles. The van der Waals surface area contributed by atoms with Crippen LogP contribution in [0.3, 0.4) is 0 Å². The molecular weight excluding hydrogens is 238 g/mol. The molecule has 0 aliphatic rings. The van der Waals surface area contributed by atoms with Gasteiger partial charge in [-0.3, -0.25) is 4.79 Å². The maximum absolute atomic E-state index is 12.0. The summed E-state index contributed by atoms with van der Waals surface area (Å²) in [5, 5.41) is 0.509. The summed E-state index contributed by atoms with van der Waals surface area (Å²) in [7, 11) is 1.53. The Morgan fingerprint density at radius 1 is 1.53 bits per heavy atom. The quantitative estimate of drug-likeness (QED) is 0.796. The standard InChI is InChI=1S/C13H18ClNO2/c1-3-9(8-15)6-12(16)10-4-5-11(14)13(7-10)17-2/h4-5,7,9H,3,6,8,15H2,1-2H3. The molecule has 1 aromatic rings. The van der Waals surface area contributed by atoms with E-state index in [0.29, 0.717) is 29.3 Å². The van der Waals surface area contributed by atoms with Gasteiger partial charge in [-0.15, -0.1) is 0 Å². The van der Waals surface area contributed by atoms with E-state index in [2.05, 4.69) is 0 Å². The van der Waals surface area contributed by atoms with Crippen LogP contribution in [0, 0.1) is 5.92 Å². The topological polar surface area (TPSA) is 52.3 Å². The van der Waals surface area contributed by atoms with Crippen molar-refractivity contribution in [3.8, 4) is 5.75 Å². The molecule has 0 amide bonds. The highest BCUT2D eigenvalue weighted by Crippen LogP contribution is 2.26. The molecule has 0 aliphatic heterocycles. The Labute approximate surface area is 107 Å². The fourth-order valence-corrected chi connectivity index (χ4v) is 1.80. The maximum Gasteiger partial charge on any atom is 0.163 e. The Hall–Kier alpha value is -1.06. The van der Waals surface area contributed by atoms with Gasteiger partial charge in [-0.05, 0) is 30.7 Å². The van der Waals surface area contributed by atoms with E-state index >= 15 is 0 Å². The van der Waals surface area contributed by atoms with Crippen molar-refractivity contribution in [2.75, 3.05) is 13.7 Å². The molecule has 0 spiro atoms. The van der Waals surface area contributed by atoms with E-state index in [1.807, 2.05) is 6.92 Å². The smallest absolute Gasteiger partial charge is 0.163 e. The van der Waals surface area contributed by atoms with Crippen molar-refractivity contribution in [2.24, 2.45) is 11.7 Å². The van der Waals surface area contributed by atoms with Gasteiger partial charge in [0.15, 0.2) is 5.78 Å². The molecule has 17 heavy (non-hydrogen) atoms. The number of ether oxygens (including phenoxy) is 1. The number of hydrogen-bond donors (Lipinski definition) is 1. The van der Waals surface area contributed by atoms with E-state index in [1.54, 1.807) is 18.2 Å². The zero-order valence-corrected chi connectivity index (χ0v) is 11.0. The third-order valence-electron chi connectivity index (χ3n) is 2.86. The summed E-state index contributed by atoms with van der Waals surface area (Å²) < 4.78 is 5.08. The average Bonchev–Trinajstić information content (AvgIpc) is 2.36. The minimum atomic E-state index is 0.0808. The monoisotopic (exact) mass is 255 g/mol. The minimum absolute atomic E-state index is 0.0808. The van der Waals surface area contributed by atoms with Crippen molar-refractivity contribution in [1.29, 1.82) is 0 Å². The number of rotatable bonds is 6. The molecule has 4 heteroatoms. The summed E-state index contributed by atoms with van der Waals surface area (Å²) in [4.78, 5) is 12.0. The number of hydrogen-bond acceptors (Lipinski definition) is 3. The number of carbonyl (C=O) groups is 1. The van der Waals surface area contributed by atoms with Crippen molar-refractivity contribution < 1.29 is 9.53 Å². The number of methoxy groups -OCH3 is 1. The van der Waals surface area contributed by atoms with Gasteiger partial charge in [-0.25, -0.2) is 0 Å². The summed E-state index contributed by atoms with van der Waals surface area (Å²) in [5.41, 5.74) is 6.22. The first-order valence-electron chi connectivity index (χ1n) is 5.69. The molecule has 2 N–H and O–H groups in total. The zero-order chi connectivity index (χ0) is 12.8. The van der Waals surface area contributed by atoms with E-state index in [4.69, 9.17) is 22.1 Å².